The molecule has 7 nitrogen and oxygen atoms in total. The van der Waals surface area contributed by atoms with Gasteiger partial charge in [-0.3, -0.25) is 0 Å². The third-order valence-corrected chi connectivity index (χ3v) is 4.86. The number of hydrogen-bond acceptors (Lipinski definition) is 5. The summed E-state index contributed by atoms with van der Waals surface area (Å²) in [5.41, 5.74) is 0. The number of thioether (sulfide) groups is 1. The van der Waals surface area contributed by atoms with E-state index in [2.05, 4.69) is 23.8 Å². The minimum atomic E-state index is -0.635. The molecule has 0 spiro atoms. The predicted octanol–water partition coefficient (Wildman–Crippen LogP) is 1.97. The molecule has 0 N–H and O–H groups in total. The van der Waals surface area contributed by atoms with Crippen LogP contribution in [0.1, 0.15) is 26.7 Å². The van der Waals surface area contributed by atoms with Crippen LogP contribution in [-0.4, -0.2) is 72.2 Å². The van der Waals surface area contributed by atoms with Crippen molar-refractivity contribution in [1.29, 1.82) is 0 Å². The number of hydrogen-bond donors (Lipinski definition) is 0. The Morgan fingerprint density at radius 3 is 2.82 bits per heavy atom. The van der Waals surface area contributed by atoms with Crippen LogP contribution >= 0.6 is 11.8 Å². The summed E-state index contributed by atoms with van der Waals surface area (Å²) in [4.78, 5) is 14.8. The Morgan fingerprint density at radius 1 is 1.59 bits per heavy atom. The Balaban J connectivity index is 2.44. The third-order valence-electron chi connectivity index (χ3n) is 4.10. The highest BCUT2D eigenvalue weighted by Crippen LogP contribution is 2.16. The highest BCUT2D eigenvalue weighted by atomic mass is 32.2. The fourth-order valence-corrected chi connectivity index (χ4v) is 3.23. The van der Waals surface area contributed by atoms with Gasteiger partial charge in [-0.25, -0.2) is 10.1 Å². The van der Waals surface area contributed by atoms with E-state index in [9.17, 15) is 10.1 Å². The summed E-state index contributed by atoms with van der Waals surface area (Å²) in [6.07, 6.45) is 3.91. The van der Waals surface area contributed by atoms with Crippen molar-refractivity contribution in [1.82, 2.24) is 9.80 Å². The Morgan fingerprint density at radius 2 is 2.32 bits per heavy atom. The molecule has 0 amide bonds. The number of rotatable bonds is 8. The van der Waals surface area contributed by atoms with Crippen LogP contribution in [0.25, 0.3) is 0 Å². The third kappa shape index (κ3) is 6.50. The van der Waals surface area contributed by atoms with Crippen LogP contribution in [0.5, 0.6) is 0 Å². The van der Waals surface area contributed by atoms with Gasteiger partial charge in [0, 0.05) is 32.8 Å². The van der Waals surface area contributed by atoms with Gasteiger partial charge < -0.3 is 14.5 Å². The Bertz CT molecular complexity index is 375. The van der Waals surface area contributed by atoms with Crippen molar-refractivity contribution >= 4 is 16.9 Å². The summed E-state index contributed by atoms with van der Waals surface area (Å²) in [5, 5.41) is 13.7. The first kappa shape index (κ1) is 19.2. The molecule has 1 saturated heterocycles. The van der Waals surface area contributed by atoms with E-state index in [1.165, 1.54) is 11.8 Å². The van der Waals surface area contributed by atoms with Crippen molar-refractivity contribution in [2.24, 2.45) is 11.0 Å². The van der Waals surface area contributed by atoms with Crippen LogP contribution in [0.3, 0.4) is 0 Å². The van der Waals surface area contributed by atoms with Gasteiger partial charge in [0.05, 0.1) is 11.7 Å². The quantitative estimate of drug-likeness (QED) is 0.293. The summed E-state index contributed by atoms with van der Waals surface area (Å²) < 4.78 is 5.45. The molecule has 1 heterocycles. The van der Waals surface area contributed by atoms with Gasteiger partial charge in [0.15, 0.2) is 5.03 Å². The fourth-order valence-electron chi connectivity index (χ4n) is 2.68. The van der Waals surface area contributed by atoms with Gasteiger partial charge in [-0.05, 0) is 38.5 Å². The molecule has 0 aromatic rings. The first-order valence-electron chi connectivity index (χ1n) is 7.77. The fraction of sp³-hybridized carbons (Fsp3) is 0.929. The van der Waals surface area contributed by atoms with Gasteiger partial charge in [0.25, 0.3) is 0 Å². The SMILES string of the molecule is CCN(CC1CCOC1)C(C)CCN(C)C(=N[N+](=O)[O-])SC. The van der Waals surface area contributed by atoms with Crippen LogP contribution in [0, 0.1) is 16.0 Å². The van der Waals surface area contributed by atoms with Crippen molar-refractivity contribution in [3.63, 3.8) is 0 Å². The monoisotopic (exact) mass is 332 g/mol. The van der Waals surface area contributed by atoms with E-state index in [1.807, 2.05) is 11.9 Å². The minimum absolute atomic E-state index is 0.437. The van der Waals surface area contributed by atoms with Crippen molar-refractivity contribution in [3.8, 4) is 0 Å². The zero-order valence-electron chi connectivity index (χ0n) is 14.0. The van der Waals surface area contributed by atoms with Crippen molar-refractivity contribution in [3.05, 3.63) is 10.1 Å². The molecule has 1 rings (SSSR count). The molecule has 0 aromatic carbocycles. The maximum absolute atomic E-state index is 10.5. The number of nitrogens with zero attached hydrogens (tertiary/aromatic N) is 4. The zero-order chi connectivity index (χ0) is 16.5. The largest absolute Gasteiger partial charge is 0.381 e. The average Bonchev–Trinajstić information content (AvgIpc) is 3.00. The van der Waals surface area contributed by atoms with E-state index < -0.39 is 5.03 Å². The van der Waals surface area contributed by atoms with Crippen LogP contribution in [-0.2, 0) is 4.74 Å². The molecule has 2 unspecified atom stereocenters. The first-order chi connectivity index (χ1) is 10.5. The summed E-state index contributed by atoms with van der Waals surface area (Å²) >= 11 is 1.30. The van der Waals surface area contributed by atoms with E-state index in [0.717, 1.165) is 45.7 Å². The van der Waals surface area contributed by atoms with E-state index in [1.54, 1.807) is 6.26 Å². The molecular weight excluding hydrogens is 304 g/mol. The van der Waals surface area contributed by atoms with Crippen molar-refractivity contribution in [2.75, 3.05) is 46.2 Å². The lowest BCUT2D eigenvalue weighted by molar-refractivity contribution is -0.485. The number of hydrazone groups is 1. The summed E-state index contributed by atoms with van der Waals surface area (Å²) in [5.74, 6) is 0.637. The molecule has 0 radical (unpaired) electrons. The lowest BCUT2D eigenvalue weighted by atomic mass is 10.1. The second-order valence-electron chi connectivity index (χ2n) is 5.70. The van der Waals surface area contributed by atoms with Gasteiger partial charge in [0.2, 0.25) is 5.17 Å². The molecule has 0 aliphatic carbocycles. The molecular formula is C14H28N4O3S. The zero-order valence-corrected chi connectivity index (χ0v) is 14.8. The Kier molecular flexibility index (Phi) is 8.74. The number of nitro groups is 1. The normalized spacial score (nSPS) is 20.4. The average molecular weight is 332 g/mol. The van der Waals surface area contributed by atoms with Crippen molar-refractivity contribution in [2.45, 2.75) is 32.7 Å². The molecule has 22 heavy (non-hydrogen) atoms. The summed E-state index contributed by atoms with van der Waals surface area (Å²) in [6, 6.07) is 0.437. The molecule has 128 valence electrons. The topological polar surface area (TPSA) is 71.2 Å². The van der Waals surface area contributed by atoms with Gasteiger partial charge >= 0.3 is 0 Å². The molecule has 2 atom stereocenters. The van der Waals surface area contributed by atoms with Crippen LogP contribution < -0.4 is 0 Å². The van der Waals surface area contributed by atoms with Crippen LogP contribution in [0.15, 0.2) is 5.10 Å². The van der Waals surface area contributed by atoms with Crippen LogP contribution in [0.2, 0.25) is 0 Å². The predicted molar refractivity (Wildman–Crippen MR) is 90.8 cm³/mol. The maximum atomic E-state index is 10.5. The van der Waals surface area contributed by atoms with Crippen LogP contribution in [0.4, 0.5) is 0 Å². The molecule has 0 saturated carbocycles. The summed E-state index contributed by atoms with van der Waals surface area (Å²) in [6.45, 7) is 8.99. The highest BCUT2D eigenvalue weighted by molar-refractivity contribution is 8.13. The number of ether oxygens (including phenoxy) is 1. The maximum Gasteiger partial charge on any atom is 0.237 e. The van der Waals surface area contributed by atoms with Crippen molar-refractivity contribution < 1.29 is 9.77 Å². The molecule has 1 fully saturated rings. The van der Waals surface area contributed by atoms with Gasteiger partial charge in [-0.15, -0.1) is 0 Å². The lowest BCUT2D eigenvalue weighted by Gasteiger charge is -2.31. The van der Waals surface area contributed by atoms with E-state index in [4.69, 9.17) is 4.74 Å². The smallest absolute Gasteiger partial charge is 0.237 e. The summed E-state index contributed by atoms with van der Waals surface area (Å²) in [7, 11) is 1.85. The van der Waals surface area contributed by atoms with Gasteiger partial charge in [-0.1, -0.05) is 18.7 Å². The van der Waals surface area contributed by atoms with E-state index >= 15 is 0 Å². The van der Waals surface area contributed by atoms with E-state index in [-0.39, 0.29) is 0 Å². The van der Waals surface area contributed by atoms with Gasteiger partial charge in [-0.2, -0.15) is 0 Å². The molecule has 1 aliphatic heterocycles. The minimum Gasteiger partial charge on any atom is -0.381 e. The number of amidine groups is 1. The molecule has 0 aromatic heterocycles. The van der Waals surface area contributed by atoms with E-state index in [0.29, 0.717) is 17.1 Å². The molecule has 8 heteroatoms. The Labute approximate surface area is 137 Å². The standard InChI is InChI=1S/C14H28N4O3S/c1-5-17(10-13-7-9-21-11-13)12(2)6-8-16(3)14(22-4)15-18(19)20/h12-13H,5-11H2,1-4H3. The lowest BCUT2D eigenvalue weighted by Crippen LogP contribution is -2.39. The molecule has 1 aliphatic rings. The first-order valence-corrected chi connectivity index (χ1v) is 9.00. The highest BCUT2D eigenvalue weighted by Gasteiger charge is 2.22. The Hall–Kier alpha value is -0.860. The van der Waals surface area contributed by atoms with Gasteiger partial charge in [0.1, 0.15) is 0 Å². The second-order valence-corrected chi connectivity index (χ2v) is 6.47. The second kappa shape index (κ2) is 10.0. The molecule has 0 bridgehead atoms.